The van der Waals surface area contributed by atoms with E-state index in [4.69, 9.17) is 44.9 Å². The lowest BCUT2D eigenvalue weighted by molar-refractivity contribution is -0.137. The van der Waals surface area contributed by atoms with Crippen molar-refractivity contribution in [3.63, 3.8) is 0 Å². The largest absolute Gasteiger partial charge is 0.481 e. The zero-order chi connectivity index (χ0) is 24.9. The quantitative estimate of drug-likeness (QED) is 0.450. The molecule has 2 atom stereocenters. The maximum atomic E-state index is 10.9. The maximum Gasteiger partial charge on any atom is 0.304 e. The van der Waals surface area contributed by atoms with E-state index in [-0.39, 0.29) is 12.5 Å². The highest BCUT2D eigenvalue weighted by molar-refractivity contribution is 6.35. The van der Waals surface area contributed by atoms with Crippen LogP contribution in [0.5, 0.6) is 0 Å². The minimum absolute atomic E-state index is 0.119. The van der Waals surface area contributed by atoms with Crippen molar-refractivity contribution in [2.24, 2.45) is 0 Å². The lowest BCUT2D eigenvalue weighted by Crippen LogP contribution is -2.49. The van der Waals surface area contributed by atoms with Crippen LogP contribution in [0.3, 0.4) is 0 Å². The van der Waals surface area contributed by atoms with Gasteiger partial charge in [-0.2, -0.15) is 0 Å². The molecule has 2 N–H and O–H groups in total. The molecule has 0 amide bonds. The van der Waals surface area contributed by atoms with Crippen LogP contribution >= 0.6 is 34.8 Å². The summed E-state index contributed by atoms with van der Waals surface area (Å²) in [6, 6.07) is 5.75. The predicted octanol–water partition coefficient (Wildman–Crippen LogP) is 5.64. The number of hydrogen-bond acceptors (Lipinski definition) is 6. The van der Waals surface area contributed by atoms with Gasteiger partial charge in [0.2, 0.25) is 0 Å². The van der Waals surface area contributed by atoms with Crippen molar-refractivity contribution in [2.45, 2.75) is 44.7 Å². The maximum absolute atomic E-state index is 10.9. The number of carboxylic acid groups (broad SMARTS) is 1. The summed E-state index contributed by atoms with van der Waals surface area (Å²) in [7, 11) is 0. The predicted molar refractivity (Wildman–Crippen MR) is 141 cm³/mol. The number of anilines is 1. The third-order valence-electron chi connectivity index (χ3n) is 6.69. The van der Waals surface area contributed by atoms with Gasteiger partial charge in [-0.1, -0.05) is 46.9 Å². The van der Waals surface area contributed by atoms with Gasteiger partial charge in [-0.15, -0.1) is 0 Å². The minimum Gasteiger partial charge on any atom is -0.481 e. The van der Waals surface area contributed by atoms with E-state index in [2.05, 4.69) is 26.2 Å². The van der Waals surface area contributed by atoms with Crippen LogP contribution in [-0.2, 0) is 4.79 Å². The number of aromatic nitrogens is 2. The van der Waals surface area contributed by atoms with Gasteiger partial charge in [-0.3, -0.25) is 9.69 Å². The van der Waals surface area contributed by atoms with Gasteiger partial charge in [0.1, 0.15) is 10.8 Å². The first kappa shape index (κ1) is 26.2. The molecule has 0 aliphatic carbocycles. The summed E-state index contributed by atoms with van der Waals surface area (Å²) < 4.78 is 0. The van der Waals surface area contributed by atoms with Crippen molar-refractivity contribution in [3.8, 4) is 0 Å². The molecular formula is C25H30Cl3N5O2. The Hall–Kier alpha value is -1.90. The Morgan fingerprint density at radius 3 is 2.80 bits per heavy atom. The molecule has 1 aromatic heterocycles. The number of aliphatic carboxylic acids is 1. The fourth-order valence-electron chi connectivity index (χ4n) is 4.76. The average molecular weight is 539 g/mol. The third-order valence-corrected chi connectivity index (χ3v) is 7.53. The van der Waals surface area contributed by atoms with E-state index in [1.165, 1.54) is 0 Å². The molecule has 2 aliphatic heterocycles. The number of likely N-dealkylation sites (tertiary alicyclic amines) is 1. The molecule has 1 fully saturated rings. The smallest absolute Gasteiger partial charge is 0.304 e. The van der Waals surface area contributed by atoms with Crippen molar-refractivity contribution < 1.29 is 9.90 Å². The Balaban J connectivity index is 1.40. The average Bonchev–Trinajstić information content (AvgIpc) is 2.84. The normalized spacial score (nSPS) is 20.3. The van der Waals surface area contributed by atoms with Gasteiger partial charge in [0.05, 0.1) is 18.7 Å². The summed E-state index contributed by atoms with van der Waals surface area (Å²) in [6.45, 7) is 6.27. The molecule has 0 saturated carbocycles. The van der Waals surface area contributed by atoms with Gasteiger partial charge in [-0.05, 0) is 56.0 Å². The second kappa shape index (κ2) is 11.9. The topological polar surface area (TPSA) is 81.6 Å². The van der Waals surface area contributed by atoms with Crippen molar-refractivity contribution in [1.82, 2.24) is 19.8 Å². The van der Waals surface area contributed by atoms with Crippen molar-refractivity contribution in [1.29, 1.82) is 0 Å². The molecule has 1 saturated heterocycles. The fourth-order valence-corrected chi connectivity index (χ4v) is 5.48. The van der Waals surface area contributed by atoms with Crippen LogP contribution in [0, 0.1) is 0 Å². The van der Waals surface area contributed by atoms with E-state index >= 15 is 0 Å². The third kappa shape index (κ3) is 6.86. The number of hydrogen-bond donors (Lipinski definition) is 2. The Morgan fingerprint density at radius 1 is 1.26 bits per heavy atom. The van der Waals surface area contributed by atoms with Gasteiger partial charge < -0.3 is 15.3 Å². The first-order valence-corrected chi connectivity index (χ1v) is 13.0. The van der Waals surface area contributed by atoms with Gasteiger partial charge >= 0.3 is 5.97 Å². The molecule has 35 heavy (non-hydrogen) atoms. The zero-order valence-corrected chi connectivity index (χ0v) is 22.0. The number of rotatable bonds is 8. The number of carboxylic acids is 1. The Labute approximate surface area is 221 Å². The summed E-state index contributed by atoms with van der Waals surface area (Å²) in [5.74, 6) is 0.512. The summed E-state index contributed by atoms with van der Waals surface area (Å²) >= 11 is 18.8. The van der Waals surface area contributed by atoms with Gasteiger partial charge in [-0.25, -0.2) is 9.97 Å². The highest BCUT2D eigenvalue weighted by Crippen LogP contribution is 2.31. The Bertz CT molecular complexity index is 1100. The van der Waals surface area contributed by atoms with Crippen LogP contribution in [0.4, 0.5) is 5.82 Å². The number of carbonyl (C=O) groups is 1. The standard InChI is InChI=1S/C25H30Cl3N5O2/c1-16(20-5-4-18(26)13-21(20)27)30-25-22(28)14-29-24(31-25)17-6-11-33(12-7-17)19-3-2-9-32(15-19)10-8-23(34)35/h4-6,13-14,16,19H,2-3,7-12,15H2,1H3,(H,34,35)(H,29,30,31)/t16-,19?/m1/s1. The molecule has 0 radical (unpaired) electrons. The molecule has 2 aromatic rings. The minimum atomic E-state index is -0.736. The molecule has 0 spiro atoms. The van der Waals surface area contributed by atoms with Crippen LogP contribution in [0.15, 0.2) is 30.5 Å². The first-order valence-electron chi connectivity index (χ1n) is 11.9. The first-order chi connectivity index (χ1) is 16.8. The molecule has 0 bridgehead atoms. The van der Waals surface area contributed by atoms with Crippen LogP contribution in [0.1, 0.15) is 50.0 Å². The summed E-state index contributed by atoms with van der Waals surface area (Å²) in [5.41, 5.74) is 2.02. The molecule has 3 heterocycles. The molecule has 1 unspecified atom stereocenters. The number of nitrogens with one attached hydrogen (secondary N) is 1. The Kier molecular flexibility index (Phi) is 8.89. The van der Waals surface area contributed by atoms with E-state index in [1.807, 2.05) is 19.1 Å². The number of benzene rings is 1. The second-order valence-electron chi connectivity index (χ2n) is 9.14. The van der Waals surface area contributed by atoms with Crippen LogP contribution in [-0.4, -0.2) is 69.6 Å². The van der Waals surface area contributed by atoms with Crippen molar-refractivity contribution in [2.75, 3.05) is 38.0 Å². The van der Waals surface area contributed by atoms with E-state index in [9.17, 15) is 4.79 Å². The van der Waals surface area contributed by atoms with Gasteiger partial charge in [0.25, 0.3) is 0 Å². The zero-order valence-electron chi connectivity index (χ0n) is 19.7. The lowest BCUT2D eigenvalue weighted by Gasteiger charge is -2.40. The highest BCUT2D eigenvalue weighted by atomic mass is 35.5. The van der Waals surface area contributed by atoms with Gasteiger partial charge in [0.15, 0.2) is 5.82 Å². The van der Waals surface area contributed by atoms with Crippen molar-refractivity contribution >= 4 is 52.2 Å². The van der Waals surface area contributed by atoms with E-state index < -0.39 is 5.97 Å². The molecule has 188 valence electrons. The summed E-state index contributed by atoms with van der Waals surface area (Å²) in [6.07, 6.45) is 7.13. The molecule has 7 nitrogen and oxygen atoms in total. The number of halogens is 3. The molecule has 1 aromatic carbocycles. The SMILES string of the molecule is C[C@@H](Nc1nc(C2=CCN(C3CCCN(CCC(=O)O)C3)CC2)ncc1Cl)c1ccc(Cl)cc1Cl. The summed E-state index contributed by atoms with van der Waals surface area (Å²) in [5, 5.41) is 14.0. The monoisotopic (exact) mass is 537 g/mol. The van der Waals surface area contributed by atoms with Crippen LogP contribution in [0.25, 0.3) is 5.57 Å². The summed E-state index contributed by atoms with van der Waals surface area (Å²) in [4.78, 5) is 24.9. The highest BCUT2D eigenvalue weighted by Gasteiger charge is 2.27. The van der Waals surface area contributed by atoms with Crippen molar-refractivity contribution in [3.05, 3.63) is 56.9 Å². The molecule has 2 aliphatic rings. The molecular weight excluding hydrogens is 509 g/mol. The fraction of sp³-hybridized carbons (Fsp3) is 0.480. The van der Waals surface area contributed by atoms with E-state index in [0.29, 0.717) is 39.3 Å². The second-order valence-corrected chi connectivity index (χ2v) is 10.4. The lowest BCUT2D eigenvalue weighted by atomic mass is 10.00. The Morgan fingerprint density at radius 2 is 2.09 bits per heavy atom. The number of piperidine rings is 1. The number of nitrogens with zero attached hydrogens (tertiary/aromatic N) is 4. The van der Waals surface area contributed by atoms with Gasteiger partial charge in [0, 0.05) is 42.3 Å². The van der Waals surface area contributed by atoms with Crippen LogP contribution in [0.2, 0.25) is 15.1 Å². The molecule has 4 rings (SSSR count). The van der Waals surface area contributed by atoms with E-state index in [1.54, 1.807) is 12.3 Å². The van der Waals surface area contributed by atoms with Crippen LogP contribution < -0.4 is 5.32 Å². The van der Waals surface area contributed by atoms with E-state index in [0.717, 1.165) is 56.6 Å². The molecule has 10 heteroatoms.